The Balaban J connectivity index is 3.38. The van der Waals surface area contributed by atoms with E-state index in [9.17, 15) is 19.8 Å². The average molecular weight is 907 g/mol. The van der Waals surface area contributed by atoms with E-state index in [1.807, 2.05) is 0 Å². The van der Waals surface area contributed by atoms with E-state index < -0.39 is 12.1 Å². The summed E-state index contributed by atoms with van der Waals surface area (Å²) in [5, 5.41) is 23.3. The van der Waals surface area contributed by atoms with Crippen LogP contribution in [0.5, 0.6) is 0 Å². The lowest BCUT2D eigenvalue weighted by Crippen LogP contribution is -2.45. The van der Waals surface area contributed by atoms with Crippen LogP contribution >= 0.6 is 0 Å². The summed E-state index contributed by atoms with van der Waals surface area (Å²) in [5.74, 6) is -0.0280. The molecule has 64 heavy (non-hydrogen) atoms. The number of rotatable bonds is 55. The monoisotopic (exact) mass is 906 g/mol. The van der Waals surface area contributed by atoms with Crippen molar-refractivity contribution in [1.82, 2.24) is 5.32 Å². The second-order valence-corrected chi connectivity index (χ2v) is 20.3. The van der Waals surface area contributed by atoms with Gasteiger partial charge in [0.2, 0.25) is 5.91 Å². The largest absolute Gasteiger partial charge is 0.466 e. The Bertz CT molecular complexity index is 913. The Hall–Kier alpha value is -1.14. The molecule has 2 unspecified atom stereocenters. The van der Waals surface area contributed by atoms with Gasteiger partial charge in [0.15, 0.2) is 0 Å². The van der Waals surface area contributed by atoms with Gasteiger partial charge in [-0.1, -0.05) is 296 Å². The molecular weight excluding hydrogens is 791 g/mol. The van der Waals surface area contributed by atoms with Crippen LogP contribution in [0.3, 0.4) is 0 Å². The number of ether oxygens (including phenoxy) is 1. The van der Waals surface area contributed by atoms with Crippen LogP contribution in [0.4, 0.5) is 0 Å². The quantitative estimate of drug-likeness (QED) is 0.0417. The number of amides is 1. The summed E-state index contributed by atoms with van der Waals surface area (Å²) in [6.45, 7) is 4.97. The molecule has 6 nitrogen and oxygen atoms in total. The van der Waals surface area contributed by atoms with Crippen molar-refractivity contribution >= 4 is 11.9 Å². The third-order valence-corrected chi connectivity index (χ3v) is 13.9. The Morgan fingerprint density at radius 3 is 0.953 bits per heavy atom. The number of hydrogen-bond acceptors (Lipinski definition) is 5. The number of esters is 1. The number of aliphatic hydroxyl groups excluding tert-OH is 2. The first-order valence-electron chi connectivity index (χ1n) is 29.3. The van der Waals surface area contributed by atoms with Gasteiger partial charge in [-0.15, -0.1) is 0 Å². The Morgan fingerprint density at radius 2 is 0.641 bits per heavy atom. The van der Waals surface area contributed by atoms with Crippen LogP contribution < -0.4 is 5.32 Å². The first-order chi connectivity index (χ1) is 31.5. The number of nitrogens with one attached hydrogen (secondary N) is 1. The molecule has 3 N–H and O–H groups in total. The molecular formula is C58H115NO5. The third kappa shape index (κ3) is 50.3. The molecule has 2 atom stereocenters. The van der Waals surface area contributed by atoms with Crippen molar-refractivity contribution in [2.75, 3.05) is 13.2 Å². The second-order valence-electron chi connectivity index (χ2n) is 20.3. The number of unbranched alkanes of at least 4 members (excludes halogenated alkanes) is 44. The minimum absolute atomic E-state index is 0.00975. The van der Waals surface area contributed by atoms with Crippen LogP contribution in [-0.4, -0.2) is 47.4 Å². The summed E-state index contributed by atoms with van der Waals surface area (Å²) < 4.78 is 5.49. The first kappa shape index (κ1) is 62.9. The fourth-order valence-electron chi connectivity index (χ4n) is 9.41. The summed E-state index contributed by atoms with van der Waals surface area (Å²) in [6.07, 6.45) is 62.3. The topological polar surface area (TPSA) is 95.9 Å². The van der Waals surface area contributed by atoms with Gasteiger partial charge in [-0.3, -0.25) is 9.59 Å². The van der Waals surface area contributed by atoms with Gasteiger partial charge in [0, 0.05) is 12.8 Å². The van der Waals surface area contributed by atoms with Crippen molar-refractivity contribution in [1.29, 1.82) is 0 Å². The molecule has 0 aromatic carbocycles. The molecule has 0 saturated heterocycles. The van der Waals surface area contributed by atoms with E-state index in [4.69, 9.17) is 4.74 Å². The van der Waals surface area contributed by atoms with E-state index in [1.54, 1.807) is 0 Å². The predicted molar refractivity (Wildman–Crippen MR) is 278 cm³/mol. The van der Waals surface area contributed by atoms with E-state index in [-0.39, 0.29) is 18.5 Å². The summed E-state index contributed by atoms with van der Waals surface area (Å²) in [7, 11) is 0. The Morgan fingerprint density at radius 1 is 0.375 bits per heavy atom. The summed E-state index contributed by atoms with van der Waals surface area (Å²) >= 11 is 0. The van der Waals surface area contributed by atoms with Crippen LogP contribution in [0.2, 0.25) is 0 Å². The van der Waals surface area contributed by atoms with E-state index in [1.165, 1.54) is 263 Å². The molecule has 0 fully saturated rings. The van der Waals surface area contributed by atoms with Crippen LogP contribution in [0.15, 0.2) is 0 Å². The standard InChI is InChI=1S/C58H115NO5/c1-3-5-7-9-11-13-15-17-19-24-28-32-36-40-44-48-52-58(63)64-53-49-45-41-37-33-29-25-22-20-21-23-27-31-35-39-43-47-51-57(62)59-55(54-60)56(61)50-46-42-38-34-30-26-18-16-14-12-10-8-6-4-2/h55-56,60-61H,3-54H2,1-2H3,(H,59,62). The van der Waals surface area contributed by atoms with Gasteiger partial charge < -0.3 is 20.3 Å². The summed E-state index contributed by atoms with van der Waals surface area (Å²) in [4.78, 5) is 24.5. The van der Waals surface area contributed by atoms with E-state index in [2.05, 4.69) is 19.2 Å². The SMILES string of the molecule is CCCCCCCCCCCCCCCCCCC(=O)OCCCCCCCCCCCCCCCCCCCC(=O)NC(CO)C(O)CCCCCCCCCCCCCCCC. The highest BCUT2D eigenvalue weighted by atomic mass is 16.5. The lowest BCUT2D eigenvalue weighted by Gasteiger charge is -2.22. The van der Waals surface area contributed by atoms with Gasteiger partial charge in [0.25, 0.3) is 0 Å². The fourth-order valence-corrected chi connectivity index (χ4v) is 9.41. The highest BCUT2D eigenvalue weighted by molar-refractivity contribution is 5.76. The molecule has 0 aliphatic heterocycles. The van der Waals surface area contributed by atoms with Crippen molar-refractivity contribution in [2.24, 2.45) is 0 Å². The van der Waals surface area contributed by atoms with Crippen LogP contribution in [0, 0.1) is 0 Å². The van der Waals surface area contributed by atoms with E-state index in [0.717, 1.165) is 38.5 Å². The maximum Gasteiger partial charge on any atom is 0.305 e. The molecule has 0 radical (unpaired) electrons. The molecule has 0 aromatic heterocycles. The number of hydrogen-bond donors (Lipinski definition) is 3. The zero-order chi connectivity index (χ0) is 46.5. The van der Waals surface area contributed by atoms with Gasteiger partial charge >= 0.3 is 5.97 Å². The van der Waals surface area contributed by atoms with Crippen molar-refractivity contribution in [3.8, 4) is 0 Å². The summed E-state index contributed by atoms with van der Waals surface area (Å²) in [6, 6.07) is -0.543. The lowest BCUT2D eigenvalue weighted by atomic mass is 10.0. The number of aliphatic hydroxyl groups is 2. The normalized spacial score (nSPS) is 12.5. The van der Waals surface area contributed by atoms with Crippen LogP contribution in [-0.2, 0) is 14.3 Å². The molecule has 0 aliphatic carbocycles. The molecule has 6 heteroatoms. The average Bonchev–Trinajstić information content (AvgIpc) is 3.29. The highest BCUT2D eigenvalue weighted by Gasteiger charge is 2.20. The maximum atomic E-state index is 12.5. The molecule has 0 rings (SSSR count). The second kappa shape index (κ2) is 54.5. The fraction of sp³-hybridized carbons (Fsp3) is 0.966. The van der Waals surface area contributed by atoms with Crippen LogP contribution in [0.25, 0.3) is 0 Å². The van der Waals surface area contributed by atoms with Gasteiger partial charge in [-0.2, -0.15) is 0 Å². The molecule has 0 spiro atoms. The number of carbonyl (C=O) groups excluding carboxylic acids is 2. The molecule has 0 aliphatic rings. The van der Waals surface area contributed by atoms with Gasteiger partial charge in [0.1, 0.15) is 0 Å². The summed E-state index contributed by atoms with van der Waals surface area (Å²) in [5.41, 5.74) is 0. The first-order valence-corrected chi connectivity index (χ1v) is 29.3. The van der Waals surface area contributed by atoms with Gasteiger partial charge in [-0.25, -0.2) is 0 Å². The zero-order valence-corrected chi connectivity index (χ0v) is 43.5. The van der Waals surface area contributed by atoms with E-state index in [0.29, 0.717) is 25.9 Å². The lowest BCUT2D eigenvalue weighted by molar-refractivity contribution is -0.143. The highest BCUT2D eigenvalue weighted by Crippen LogP contribution is 2.18. The maximum absolute atomic E-state index is 12.5. The minimum atomic E-state index is -0.666. The molecule has 0 bridgehead atoms. The molecule has 1 amide bonds. The molecule has 0 heterocycles. The Labute approximate surface area is 400 Å². The minimum Gasteiger partial charge on any atom is -0.466 e. The van der Waals surface area contributed by atoms with Gasteiger partial charge in [0.05, 0.1) is 25.4 Å². The smallest absolute Gasteiger partial charge is 0.305 e. The Kier molecular flexibility index (Phi) is 53.5. The van der Waals surface area contributed by atoms with Crippen molar-refractivity contribution in [3.05, 3.63) is 0 Å². The van der Waals surface area contributed by atoms with Gasteiger partial charge in [-0.05, 0) is 25.7 Å². The van der Waals surface area contributed by atoms with E-state index >= 15 is 0 Å². The molecule has 382 valence electrons. The molecule has 0 aromatic rings. The van der Waals surface area contributed by atoms with Crippen molar-refractivity contribution in [3.63, 3.8) is 0 Å². The van der Waals surface area contributed by atoms with Crippen molar-refractivity contribution < 1.29 is 24.5 Å². The van der Waals surface area contributed by atoms with Crippen molar-refractivity contribution in [2.45, 2.75) is 347 Å². The molecule has 0 saturated carbocycles. The zero-order valence-electron chi connectivity index (χ0n) is 43.5. The third-order valence-electron chi connectivity index (χ3n) is 13.9. The van der Waals surface area contributed by atoms with Crippen LogP contribution in [0.1, 0.15) is 335 Å². The predicted octanol–water partition coefficient (Wildman–Crippen LogP) is 17.9. The number of carbonyl (C=O) groups is 2.